The molecule has 3 heterocycles. The third kappa shape index (κ3) is 5.08. The standard InChI is InChI=1S/C23H29F2N5O2/c1-3-26-21(31)16(2)17-4-6-18(7-5-17)32-19-9-12-29(14-19)20-8-11-27-22(28-20)30-13-10-23(24,25)15-30/h4-8,11,16,19H,3,9-10,12-15H2,1-2H3,(H,26,31). The lowest BCUT2D eigenvalue weighted by molar-refractivity contribution is -0.122. The van der Waals surface area contributed by atoms with Crippen molar-refractivity contribution in [1.29, 1.82) is 0 Å². The fraction of sp³-hybridized carbons (Fsp3) is 0.522. The Hall–Kier alpha value is -2.97. The Morgan fingerprint density at radius 2 is 2.03 bits per heavy atom. The van der Waals surface area contributed by atoms with Crippen molar-refractivity contribution in [2.45, 2.75) is 44.6 Å². The Morgan fingerprint density at radius 1 is 1.25 bits per heavy atom. The van der Waals surface area contributed by atoms with Crippen molar-refractivity contribution in [3.8, 4) is 5.75 Å². The van der Waals surface area contributed by atoms with Gasteiger partial charge in [-0.2, -0.15) is 4.98 Å². The van der Waals surface area contributed by atoms with Crippen LogP contribution in [0.2, 0.25) is 0 Å². The highest BCUT2D eigenvalue weighted by atomic mass is 19.3. The molecule has 32 heavy (non-hydrogen) atoms. The molecule has 2 aromatic rings. The van der Waals surface area contributed by atoms with Crippen LogP contribution in [-0.2, 0) is 4.79 Å². The van der Waals surface area contributed by atoms with Crippen LogP contribution in [0, 0.1) is 0 Å². The zero-order chi connectivity index (χ0) is 22.7. The van der Waals surface area contributed by atoms with Crippen LogP contribution in [0.1, 0.15) is 38.2 Å². The monoisotopic (exact) mass is 445 g/mol. The molecule has 2 unspecified atom stereocenters. The summed E-state index contributed by atoms with van der Waals surface area (Å²) in [6, 6.07) is 9.43. The number of carbonyl (C=O) groups excluding carboxylic acids is 1. The molecule has 0 radical (unpaired) electrons. The van der Waals surface area contributed by atoms with Gasteiger partial charge in [0.25, 0.3) is 5.92 Å². The number of amides is 1. The van der Waals surface area contributed by atoms with Crippen LogP contribution in [0.3, 0.4) is 0 Å². The van der Waals surface area contributed by atoms with Gasteiger partial charge in [-0.1, -0.05) is 12.1 Å². The van der Waals surface area contributed by atoms with E-state index in [0.717, 1.165) is 30.1 Å². The molecule has 172 valence electrons. The molecule has 2 saturated heterocycles. The van der Waals surface area contributed by atoms with Gasteiger partial charge in [0, 0.05) is 38.7 Å². The molecule has 0 saturated carbocycles. The van der Waals surface area contributed by atoms with Gasteiger partial charge in [-0.05, 0) is 37.6 Å². The maximum atomic E-state index is 13.5. The average molecular weight is 446 g/mol. The number of benzene rings is 1. The lowest BCUT2D eigenvalue weighted by Gasteiger charge is -2.21. The summed E-state index contributed by atoms with van der Waals surface area (Å²) in [6.45, 7) is 5.75. The van der Waals surface area contributed by atoms with E-state index in [9.17, 15) is 13.6 Å². The molecule has 0 spiro atoms. The van der Waals surface area contributed by atoms with E-state index in [1.807, 2.05) is 38.1 Å². The number of ether oxygens (including phenoxy) is 1. The maximum absolute atomic E-state index is 13.5. The highest BCUT2D eigenvalue weighted by Crippen LogP contribution is 2.30. The maximum Gasteiger partial charge on any atom is 0.267 e. The smallest absolute Gasteiger partial charge is 0.267 e. The first-order valence-corrected chi connectivity index (χ1v) is 11.1. The van der Waals surface area contributed by atoms with Crippen LogP contribution in [0.5, 0.6) is 5.75 Å². The summed E-state index contributed by atoms with van der Waals surface area (Å²) in [6.07, 6.45) is 2.28. The largest absolute Gasteiger partial charge is 0.489 e. The Bertz CT molecular complexity index is 940. The molecule has 2 aliphatic rings. The number of anilines is 2. The van der Waals surface area contributed by atoms with Crippen LogP contribution in [-0.4, -0.2) is 60.6 Å². The minimum Gasteiger partial charge on any atom is -0.489 e. The Balaban J connectivity index is 1.34. The molecule has 2 atom stereocenters. The van der Waals surface area contributed by atoms with Crippen LogP contribution < -0.4 is 19.9 Å². The highest BCUT2D eigenvalue weighted by molar-refractivity contribution is 5.83. The van der Waals surface area contributed by atoms with Gasteiger partial charge in [-0.25, -0.2) is 13.8 Å². The third-order valence-electron chi connectivity index (χ3n) is 5.98. The number of halogens is 2. The Kier molecular flexibility index (Phi) is 6.43. The number of carbonyl (C=O) groups is 1. The lowest BCUT2D eigenvalue weighted by Crippen LogP contribution is -2.28. The predicted octanol–water partition coefficient (Wildman–Crippen LogP) is 3.22. The minimum absolute atomic E-state index is 0.00352. The molecular weight excluding hydrogens is 416 g/mol. The van der Waals surface area contributed by atoms with Crippen molar-refractivity contribution in [1.82, 2.24) is 15.3 Å². The number of nitrogens with one attached hydrogen (secondary N) is 1. The fourth-order valence-electron chi connectivity index (χ4n) is 4.11. The Labute approximate surface area is 186 Å². The summed E-state index contributed by atoms with van der Waals surface area (Å²) in [5.41, 5.74) is 0.942. The van der Waals surface area contributed by atoms with E-state index in [1.165, 1.54) is 4.90 Å². The molecule has 1 N–H and O–H groups in total. The first-order valence-electron chi connectivity index (χ1n) is 11.1. The van der Waals surface area contributed by atoms with Gasteiger partial charge in [0.05, 0.1) is 19.0 Å². The van der Waals surface area contributed by atoms with Crippen molar-refractivity contribution >= 4 is 17.7 Å². The van der Waals surface area contributed by atoms with Crippen molar-refractivity contribution in [2.75, 3.05) is 42.5 Å². The second-order valence-electron chi connectivity index (χ2n) is 8.40. The third-order valence-corrected chi connectivity index (χ3v) is 5.98. The second kappa shape index (κ2) is 9.26. The van der Waals surface area contributed by atoms with Crippen LogP contribution >= 0.6 is 0 Å². The quantitative estimate of drug-likeness (QED) is 0.706. The molecule has 0 aliphatic carbocycles. The number of aromatic nitrogens is 2. The SMILES string of the molecule is CCNC(=O)C(C)c1ccc(OC2CCN(c3ccnc(N4CCC(F)(F)C4)n3)C2)cc1. The molecule has 1 amide bonds. The van der Waals surface area contributed by atoms with E-state index in [2.05, 4.69) is 20.2 Å². The highest BCUT2D eigenvalue weighted by Gasteiger charge is 2.39. The normalized spacial score (nSPS) is 20.9. The molecule has 2 fully saturated rings. The number of nitrogens with zero attached hydrogens (tertiary/aromatic N) is 4. The summed E-state index contributed by atoms with van der Waals surface area (Å²) < 4.78 is 33.2. The number of likely N-dealkylation sites (N-methyl/N-ethyl adjacent to an activating group) is 1. The molecule has 2 aliphatic heterocycles. The Morgan fingerprint density at radius 3 is 2.72 bits per heavy atom. The van der Waals surface area contributed by atoms with Gasteiger partial charge in [0.15, 0.2) is 0 Å². The molecule has 7 nitrogen and oxygen atoms in total. The van der Waals surface area contributed by atoms with Gasteiger partial charge in [-0.15, -0.1) is 0 Å². The topological polar surface area (TPSA) is 70.6 Å². The molecular formula is C23H29F2N5O2. The summed E-state index contributed by atoms with van der Waals surface area (Å²) in [5.74, 6) is -1.06. The van der Waals surface area contributed by atoms with E-state index >= 15 is 0 Å². The van der Waals surface area contributed by atoms with E-state index < -0.39 is 5.92 Å². The van der Waals surface area contributed by atoms with Gasteiger partial charge in [-0.3, -0.25) is 4.79 Å². The summed E-state index contributed by atoms with van der Waals surface area (Å²) in [5, 5.41) is 2.84. The van der Waals surface area contributed by atoms with Crippen molar-refractivity contribution in [2.24, 2.45) is 0 Å². The predicted molar refractivity (Wildman–Crippen MR) is 119 cm³/mol. The number of hydrogen-bond acceptors (Lipinski definition) is 6. The van der Waals surface area contributed by atoms with E-state index in [0.29, 0.717) is 19.0 Å². The molecule has 1 aromatic heterocycles. The second-order valence-corrected chi connectivity index (χ2v) is 8.40. The summed E-state index contributed by atoms with van der Waals surface area (Å²) in [4.78, 5) is 24.4. The van der Waals surface area contributed by atoms with E-state index in [-0.39, 0.29) is 37.4 Å². The summed E-state index contributed by atoms with van der Waals surface area (Å²) in [7, 11) is 0. The van der Waals surface area contributed by atoms with E-state index in [4.69, 9.17) is 4.74 Å². The number of alkyl halides is 2. The fourth-order valence-corrected chi connectivity index (χ4v) is 4.11. The first kappa shape index (κ1) is 22.2. The lowest BCUT2D eigenvalue weighted by atomic mass is 10.0. The van der Waals surface area contributed by atoms with Gasteiger partial charge in [0.2, 0.25) is 11.9 Å². The molecule has 1 aromatic carbocycles. The van der Waals surface area contributed by atoms with Crippen LogP contribution in [0.15, 0.2) is 36.5 Å². The average Bonchev–Trinajstić information content (AvgIpc) is 3.40. The van der Waals surface area contributed by atoms with Crippen molar-refractivity contribution in [3.05, 3.63) is 42.1 Å². The van der Waals surface area contributed by atoms with E-state index in [1.54, 1.807) is 12.3 Å². The first-order chi connectivity index (χ1) is 15.3. The van der Waals surface area contributed by atoms with Crippen LogP contribution in [0.4, 0.5) is 20.5 Å². The minimum atomic E-state index is -2.68. The van der Waals surface area contributed by atoms with Gasteiger partial charge in [0.1, 0.15) is 17.7 Å². The number of hydrogen-bond donors (Lipinski definition) is 1. The molecule has 9 heteroatoms. The van der Waals surface area contributed by atoms with Crippen LogP contribution in [0.25, 0.3) is 0 Å². The van der Waals surface area contributed by atoms with Gasteiger partial charge < -0.3 is 19.9 Å². The van der Waals surface area contributed by atoms with Gasteiger partial charge >= 0.3 is 0 Å². The zero-order valence-electron chi connectivity index (χ0n) is 18.4. The van der Waals surface area contributed by atoms with Crippen molar-refractivity contribution in [3.63, 3.8) is 0 Å². The van der Waals surface area contributed by atoms with Crippen molar-refractivity contribution < 1.29 is 18.3 Å². The zero-order valence-corrected chi connectivity index (χ0v) is 18.4. The molecule has 4 rings (SSSR count). The number of rotatable bonds is 7. The molecule has 0 bridgehead atoms. The summed E-state index contributed by atoms with van der Waals surface area (Å²) >= 11 is 0.